The van der Waals surface area contributed by atoms with Crippen LogP contribution in [-0.2, 0) is 11.3 Å². The molecule has 3 N–H and O–H groups in total. The molecule has 1 rings (SSSR count). The van der Waals surface area contributed by atoms with Gasteiger partial charge in [-0.2, -0.15) is 0 Å². The second-order valence-electron chi connectivity index (χ2n) is 4.26. The van der Waals surface area contributed by atoms with Crippen LogP contribution in [0, 0.1) is 5.92 Å². The first kappa shape index (κ1) is 16.0. The summed E-state index contributed by atoms with van der Waals surface area (Å²) in [5.74, 6) is -1.12. The molecular weight excluding hydrogens is 332 g/mol. The number of amides is 2. The van der Waals surface area contributed by atoms with Gasteiger partial charge in [-0.05, 0) is 27.9 Å². The van der Waals surface area contributed by atoms with Crippen LogP contribution in [0.4, 0.5) is 4.79 Å². The van der Waals surface area contributed by atoms with Crippen LogP contribution in [0.1, 0.15) is 25.1 Å². The Kier molecular flexibility index (Phi) is 6.30. The molecule has 0 fully saturated rings. The lowest BCUT2D eigenvalue weighted by Crippen LogP contribution is -2.48. The topological polar surface area (TPSA) is 78.4 Å². The molecule has 7 heteroatoms. The van der Waals surface area contributed by atoms with Crippen molar-refractivity contribution in [2.45, 2.75) is 32.9 Å². The molecule has 1 aromatic heterocycles. The zero-order chi connectivity index (χ0) is 14.4. The van der Waals surface area contributed by atoms with Crippen molar-refractivity contribution in [2.24, 2.45) is 5.92 Å². The molecule has 2 atom stereocenters. The monoisotopic (exact) mass is 348 g/mol. The number of rotatable bonds is 6. The molecule has 0 spiro atoms. The first-order chi connectivity index (χ1) is 8.93. The van der Waals surface area contributed by atoms with Crippen LogP contribution >= 0.6 is 27.3 Å². The van der Waals surface area contributed by atoms with E-state index in [-0.39, 0.29) is 5.92 Å². The lowest BCUT2D eigenvalue weighted by molar-refractivity contribution is -0.140. The highest BCUT2D eigenvalue weighted by Crippen LogP contribution is 2.19. The molecule has 0 bridgehead atoms. The zero-order valence-electron chi connectivity index (χ0n) is 10.8. The van der Waals surface area contributed by atoms with Gasteiger partial charge >= 0.3 is 12.0 Å². The predicted molar refractivity (Wildman–Crippen MR) is 78.3 cm³/mol. The highest BCUT2D eigenvalue weighted by atomic mass is 79.9. The fraction of sp³-hybridized carbons (Fsp3) is 0.500. The summed E-state index contributed by atoms with van der Waals surface area (Å²) >= 11 is 4.85. The van der Waals surface area contributed by atoms with E-state index in [0.717, 1.165) is 9.35 Å². The average molecular weight is 349 g/mol. The van der Waals surface area contributed by atoms with Crippen molar-refractivity contribution < 1.29 is 14.7 Å². The third-order valence-electron chi connectivity index (χ3n) is 2.81. The highest BCUT2D eigenvalue weighted by molar-refractivity contribution is 9.10. The lowest BCUT2D eigenvalue weighted by Gasteiger charge is -2.20. The van der Waals surface area contributed by atoms with E-state index in [1.165, 1.54) is 11.3 Å². The molecule has 0 aliphatic carbocycles. The van der Waals surface area contributed by atoms with Crippen molar-refractivity contribution in [3.05, 3.63) is 20.8 Å². The molecule has 0 saturated heterocycles. The maximum Gasteiger partial charge on any atom is 0.326 e. The molecule has 106 valence electrons. The third-order valence-corrected chi connectivity index (χ3v) is 4.51. The van der Waals surface area contributed by atoms with Crippen LogP contribution in [0.25, 0.3) is 0 Å². The Labute approximate surface area is 124 Å². The van der Waals surface area contributed by atoms with Crippen molar-refractivity contribution in [3.8, 4) is 0 Å². The first-order valence-electron chi connectivity index (χ1n) is 5.94. The Balaban J connectivity index is 2.46. The molecule has 1 aromatic rings. The molecule has 0 aliphatic heterocycles. The summed E-state index contributed by atoms with van der Waals surface area (Å²) in [4.78, 5) is 23.7. The first-order valence-corrected chi connectivity index (χ1v) is 7.61. The van der Waals surface area contributed by atoms with Gasteiger partial charge in [0.25, 0.3) is 0 Å². The van der Waals surface area contributed by atoms with Gasteiger partial charge in [0, 0.05) is 14.7 Å². The van der Waals surface area contributed by atoms with E-state index in [2.05, 4.69) is 26.6 Å². The van der Waals surface area contributed by atoms with Crippen LogP contribution in [-0.4, -0.2) is 23.1 Å². The largest absolute Gasteiger partial charge is 0.480 e. The van der Waals surface area contributed by atoms with Crippen molar-refractivity contribution >= 4 is 39.3 Å². The minimum absolute atomic E-state index is 0.112. The second-order valence-corrected chi connectivity index (χ2v) is 6.17. The smallest absolute Gasteiger partial charge is 0.326 e. The summed E-state index contributed by atoms with van der Waals surface area (Å²) in [7, 11) is 0. The SMILES string of the molecule is CCC(C)C(NC(=O)NCc1cc(Br)cs1)C(=O)O. The van der Waals surface area contributed by atoms with Gasteiger partial charge in [0.15, 0.2) is 0 Å². The van der Waals surface area contributed by atoms with Crippen molar-refractivity contribution in [1.82, 2.24) is 10.6 Å². The van der Waals surface area contributed by atoms with Crippen LogP contribution in [0.2, 0.25) is 0 Å². The van der Waals surface area contributed by atoms with Crippen molar-refractivity contribution in [1.29, 1.82) is 0 Å². The number of carbonyl (C=O) groups excluding carboxylic acids is 1. The summed E-state index contributed by atoms with van der Waals surface area (Å²) in [5.41, 5.74) is 0. The van der Waals surface area contributed by atoms with Gasteiger partial charge in [0.1, 0.15) is 6.04 Å². The normalized spacial score (nSPS) is 13.6. The highest BCUT2D eigenvalue weighted by Gasteiger charge is 2.25. The zero-order valence-corrected chi connectivity index (χ0v) is 13.2. The van der Waals surface area contributed by atoms with E-state index in [4.69, 9.17) is 5.11 Å². The second kappa shape index (κ2) is 7.49. The number of hydrogen-bond donors (Lipinski definition) is 3. The summed E-state index contributed by atoms with van der Waals surface area (Å²) in [6, 6.07) is 0.589. The Hall–Kier alpha value is -1.08. The number of urea groups is 1. The number of carboxylic acids is 1. The Morgan fingerprint density at radius 3 is 2.68 bits per heavy atom. The van der Waals surface area contributed by atoms with Gasteiger partial charge < -0.3 is 15.7 Å². The number of carboxylic acid groups (broad SMARTS) is 1. The molecule has 0 saturated carbocycles. The van der Waals surface area contributed by atoms with E-state index in [1.54, 1.807) is 6.92 Å². The predicted octanol–water partition coefficient (Wildman–Crippen LogP) is 2.81. The number of aliphatic carboxylic acids is 1. The summed E-state index contributed by atoms with van der Waals surface area (Å²) in [6.45, 7) is 4.08. The lowest BCUT2D eigenvalue weighted by atomic mass is 9.99. The molecule has 2 unspecified atom stereocenters. The fourth-order valence-corrected chi connectivity index (χ4v) is 2.88. The maximum atomic E-state index is 11.7. The maximum absolute atomic E-state index is 11.7. The van der Waals surface area contributed by atoms with Crippen LogP contribution < -0.4 is 10.6 Å². The number of nitrogens with one attached hydrogen (secondary N) is 2. The number of carbonyl (C=O) groups is 2. The summed E-state index contributed by atoms with van der Waals surface area (Å²) in [6.07, 6.45) is 0.690. The van der Waals surface area contributed by atoms with Crippen LogP contribution in [0.15, 0.2) is 15.9 Å². The van der Waals surface area contributed by atoms with Crippen molar-refractivity contribution in [3.63, 3.8) is 0 Å². The van der Waals surface area contributed by atoms with Crippen LogP contribution in [0.3, 0.4) is 0 Å². The van der Waals surface area contributed by atoms with E-state index in [0.29, 0.717) is 13.0 Å². The molecule has 0 radical (unpaired) electrons. The van der Waals surface area contributed by atoms with E-state index in [1.807, 2.05) is 18.4 Å². The molecule has 0 aliphatic rings. The van der Waals surface area contributed by atoms with Gasteiger partial charge in [-0.3, -0.25) is 0 Å². The molecule has 2 amide bonds. The Morgan fingerprint density at radius 2 is 2.21 bits per heavy atom. The average Bonchev–Trinajstić information content (AvgIpc) is 2.78. The third kappa shape index (κ3) is 5.20. The van der Waals surface area contributed by atoms with Gasteiger partial charge in [-0.25, -0.2) is 9.59 Å². The minimum Gasteiger partial charge on any atom is -0.480 e. The minimum atomic E-state index is -1.01. The van der Waals surface area contributed by atoms with E-state index in [9.17, 15) is 9.59 Å². The summed E-state index contributed by atoms with van der Waals surface area (Å²) < 4.78 is 0.970. The van der Waals surface area contributed by atoms with Gasteiger partial charge in [-0.15, -0.1) is 11.3 Å². The van der Waals surface area contributed by atoms with Crippen molar-refractivity contribution in [2.75, 3.05) is 0 Å². The molecule has 0 aromatic carbocycles. The Morgan fingerprint density at radius 1 is 1.53 bits per heavy atom. The molecule has 19 heavy (non-hydrogen) atoms. The van der Waals surface area contributed by atoms with E-state index >= 15 is 0 Å². The van der Waals surface area contributed by atoms with Crippen LogP contribution in [0.5, 0.6) is 0 Å². The molecule has 5 nitrogen and oxygen atoms in total. The van der Waals surface area contributed by atoms with Gasteiger partial charge in [0.2, 0.25) is 0 Å². The van der Waals surface area contributed by atoms with E-state index < -0.39 is 18.0 Å². The van der Waals surface area contributed by atoms with Gasteiger partial charge in [-0.1, -0.05) is 20.3 Å². The quantitative estimate of drug-likeness (QED) is 0.739. The number of thiophene rings is 1. The summed E-state index contributed by atoms with van der Waals surface area (Å²) in [5, 5.41) is 16.1. The number of halogens is 1. The molecule has 1 heterocycles. The Bertz CT molecular complexity index is 450. The van der Waals surface area contributed by atoms with Gasteiger partial charge in [0.05, 0.1) is 6.54 Å². The standard InChI is InChI=1S/C12H17BrN2O3S/c1-3-7(2)10(11(16)17)15-12(18)14-5-9-4-8(13)6-19-9/h4,6-7,10H,3,5H2,1-2H3,(H,16,17)(H2,14,15,18). The fourth-order valence-electron chi connectivity index (χ4n) is 1.49. The number of hydrogen-bond acceptors (Lipinski definition) is 3. The molecular formula is C12H17BrN2O3S.